The molecule has 5 nitrogen and oxygen atoms in total. The number of carbonyl (C=O) groups is 1. The van der Waals surface area contributed by atoms with Crippen LogP contribution < -0.4 is 4.31 Å². The van der Waals surface area contributed by atoms with Gasteiger partial charge in [-0.1, -0.05) is 18.5 Å². The second kappa shape index (κ2) is 7.53. The first-order valence-electron chi connectivity index (χ1n) is 7.78. The lowest BCUT2D eigenvalue weighted by atomic mass is 9.99. The number of anilines is 1. The van der Waals surface area contributed by atoms with Gasteiger partial charge in [0.2, 0.25) is 15.9 Å². The van der Waals surface area contributed by atoms with Crippen LogP contribution in [0.5, 0.6) is 0 Å². The Morgan fingerprint density at radius 2 is 1.83 bits per heavy atom. The van der Waals surface area contributed by atoms with E-state index < -0.39 is 10.0 Å². The summed E-state index contributed by atoms with van der Waals surface area (Å²) in [6.45, 7) is 3.86. The van der Waals surface area contributed by atoms with Gasteiger partial charge in [-0.3, -0.25) is 9.10 Å². The van der Waals surface area contributed by atoms with Crippen LogP contribution in [0.3, 0.4) is 0 Å². The van der Waals surface area contributed by atoms with Crippen LogP contribution in [-0.4, -0.2) is 45.1 Å². The average Bonchev–Trinajstić information content (AvgIpc) is 2.48. The van der Waals surface area contributed by atoms with Gasteiger partial charge in [-0.05, 0) is 43.0 Å². The van der Waals surface area contributed by atoms with Crippen LogP contribution in [0.4, 0.5) is 5.69 Å². The molecular weight excluding hydrogens is 336 g/mol. The molecule has 1 fully saturated rings. The van der Waals surface area contributed by atoms with Gasteiger partial charge < -0.3 is 4.90 Å². The maximum atomic E-state index is 12.3. The monoisotopic (exact) mass is 358 g/mol. The Balaban J connectivity index is 2.02. The number of carbonyl (C=O) groups excluding carboxylic acids is 1. The van der Waals surface area contributed by atoms with Crippen LogP contribution in [0.25, 0.3) is 0 Å². The first kappa shape index (κ1) is 18.1. The minimum Gasteiger partial charge on any atom is -0.343 e. The van der Waals surface area contributed by atoms with Crippen molar-refractivity contribution in [2.45, 2.75) is 26.2 Å². The van der Waals surface area contributed by atoms with Crippen molar-refractivity contribution in [3.05, 3.63) is 29.3 Å². The molecule has 23 heavy (non-hydrogen) atoms. The number of benzene rings is 1. The molecule has 1 amide bonds. The van der Waals surface area contributed by atoms with Crippen molar-refractivity contribution >= 4 is 33.2 Å². The Hall–Kier alpha value is -1.27. The third kappa shape index (κ3) is 5.11. The van der Waals surface area contributed by atoms with Gasteiger partial charge in [0.15, 0.2) is 0 Å². The maximum absolute atomic E-state index is 12.3. The smallest absolute Gasteiger partial charge is 0.232 e. The molecule has 7 heteroatoms. The fourth-order valence-corrected chi connectivity index (χ4v) is 3.76. The van der Waals surface area contributed by atoms with Crippen LogP contribution in [-0.2, 0) is 14.8 Å². The topological polar surface area (TPSA) is 57.7 Å². The number of rotatable bonds is 5. The van der Waals surface area contributed by atoms with Gasteiger partial charge >= 0.3 is 0 Å². The fourth-order valence-electron chi connectivity index (χ4n) is 2.71. The fraction of sp³-hybridized carbons (Fsp3) is 0.562. The maximum Gasteiger partial charge on any atom is 0.232 e. The molecule has 0 radical (unpaired) electrons. The summed E-state index contributed by atoms with van der Waals surface area (Å²) in [5, 5.41) is 0.542. The molecule has 0 N–H and O–H groups in total. The molecule has 128 valence electrons. The van der Waals surface area contributed by atoms with Gasteiger partial charge in [0.25, 0.3) is 0 Å². The van der Waals surface area contributed by atoms with Crippen LogP contribution in [0.2, 0.25) is 5.02 Å². The number of likely N-dealkylation sites (tertiary alicyclic amines) is 1. The molecule has 0 bridgehead atoms. The summed E-state index contributed by atoms with van der Waals surface area (Å²) in [4.78, 5) is 14.1. The Labute approximate surface area is 143 Å². The first-order valence-corrected chi connectivity index (χ1v) is 10.0. The minimum absolute atomic E-state index is 0.0134. The molecule has 0 aromatic heterocycles. The average molecular weight is 359 g/mol. The summed E-state index contributed by atoms with van der Waals surface area (Å²) in [7, 11) is -3.45. The zero-order chi connectivity index (χ0) is 17.0. The minimum atomic E-state index is -3.45. The second-order valence-corrected chi connectivity index (χ2v) is 8.47. The van der Waals surface area contributed by atoms with Crippen LogP contribution in [0.15, 0.2) is 24.3 Å². The van der Waals surface area contributed by atoms with E-state index in [-0.39, 0.29) is 18.9 Å². The number of piperidine rings is 1. The number of hydrogen-bond acceptors (Lipinski definition) is 3. The molecule has 1 heterocycles. The normalized spacial score (nSPS) is 16.4. The van der Waals surface area contributed by atoms with E-state index in [1.54, 1.807) is 24.3 Å². The van der Waals surface area contributed by atoms with Gasteiger partial charge in [0.1, 0.15) is 0 Å². The van der Waals surface area contributed by atoms with E-state index in [0.29, 0.717) is 16.6 Å². The van der Waals surface area contributed by atoms with E-state index in [4.69, 9.17) is 11.6 Å². The zero-order valence-corrected chi connectivity index (χ0v) is 15.1. The van der Waals surface area contributed by atoms with Crippen LogP contribution in [0, 0.1) is 5.92 Å². The zero-order valence-electron chi connectivity index (χ0n) is 13.5. The molecular formula is C16H23ClN2O3S. The highest BCUT2D eigenvalue weighted by Gasteiger charge is 2.23. The van der Waals surface area contributed by atoms with E-state index in [1.807, 2.05) is 4.90 Å². The largest absolute Gasteiger partial charge is 0.343 e. The lowest BCUT2D eigenvalue weighted by Crippen LogP contribution is -2.40. The van der Waals surface area contributed by atoms with Crippen molar-refractivity contribution in [2.75, 3.05) is 30.2 Å². The number of amides is 1. The summed E-state index contributed by atoms with van der Waals surface area (Å²) >= 11 is 5.84. The van der Waals surface area contributed by atoms with Gasteiger partial charge in [0, 0.05) is 31.1 Å². The van der Waals surface area contributed by atoms with Crippen LogP contribution in [0.1, 0.15) is 26.2 Å². The summed E-state index contributed by atoms with van der Waals surface area (Å²) in [5.41, 5.74) is 0.525. The van der Waals surface area contributed by atoms with Crippen molar-refractivity contribution in [1.29, 1.82) is 0 Å². The van der Waals surface area contributed by atoms with Crippen molar-refractivity contribution in [3.8, 4) is 0 Å². The molecule has 0 unspecified atom stereocenters. The van der Waals surface area contributed by atoms with Crippen molar-refractivity contribution < 1.29 is 13.2 Å². The summed E-state index contributed by atoms with van der Waals surface area (Å²) in [6, 6.07) is 6.58. The molecule has 1 aliphatic heterocycles. The summed E-state index contributed by atoms with van der Waals surface area (Å²) in [5.74, 6) is 0.667. The molecule has 1 aromatic rings. The van der Waals surface area contributed by atoms with Crippen LogP contribution >= 0.6 is 11.6 Å². The summed E-state index contributed by atoms with van der Waals surface area (Å²) in [6.07, 6.45) is 3.36. The highest BCUT2D eigenvalue weighted by Crippen LogP contribution is 2.21. The molecule has 1 aliphatic rings. The molecule has 0 atom stereocenters. The standard InChI is InChI=1S/C16H23ClN2O3S/c1-13-7-10-18(11-8-13)16(20)9-12-19(23(2,21)22)15-5-3-14(17)4-6-15/h3-6,13H,7-12H2,1-2H3. The number of halogens is 1. The number of sulfonamides is 1. The third-order valence-electron chi connectivity index (χ3n) is 4.18. The Bertz CT molecular complexity index is 638. The summed E-state index contributed by atoms with van der Waals surface area (Å²) < 4.78 is 25.3. The predicted octanol–water partition coefficient (Wildman–Crippen LogP) is 2.75. The van der Waals surface area contributed by atoms with Crippen molar-refractivity contribution in [2.24, 2.45) is 5.92 Å². The van der Waals surface area contributed by atoms with Gasteiger partial charge in [-0.2, -0.15) is 0 Å². The van der Waals surface area contributed by atoms with Gasteiger partial charge in [0.05, 0.1) is 11.9 Å². The molecule has 1 aromatic carbocycles. The Morgan fingerprint density at radius 1 is 1.26 bits per heavy atom. The van der Waals surface area contributed by atoms with Crippen molar-refractivity contribution in [3.63, 3.8) is 0 Å². The molecule has 2 rings (SSSR count). The van der Waals surface area contributed by atoms with Gasteiger partial charge in [-0.25, -0.2) is 8.42 Å². The quantitative estimate of drug-likeness (QED) is 0.813. The van der Waals surface area contributed by atoms with E-state index in [9.17, 15) is 13.2 Å². The Morgan fingerprint density at radius 3 is 2.35 bits per heavy atom. The van der Waals surface area contributed by atoms with Crippen molar-refractivity contribution in [1.82, 2.24) is 4.90 Å². The highest BCUT2D eigenvalue weighted by molar-refractivity contribution is 7.92. The number of hydrogen-bond donors (Lipinski definition) is 0. The molecule has 1 saturated heterocycles. The second-order valence-electron chi connectivity index (χ2n) is 6.12. The van der Waals surface area contributed by atoms with E-state index >= 15 is 0 Å². The number of nitrogens with zero attached hydrogens (tertiary/aromatic N) is 2. The van der Waals surface area contributed by atoms with Gasteiger partial charge in [-0.15, -0.1) is 0 Å². The first-order chi connectivity index (χ1) is 10.8. The molecule has 0 aliphatic carbocycles. The lowest BCUT2D eigenvalue weighted by molar-refractivity contribution is -0.132. The van der Waals surface area contributed by atoms with E-state index in [0.717, 1.165) is 32.2 Å². The van der Waals surface area contributed by atoms with E-state index in [2.05, 4.69) is 6.92 Å². The van der Waals surface area contributed by atoms with E-state index in [1.165, 1.54) is 4.31 Å². The molecule has 0 saturated carbocycles. The SMILES string of the molecule is CC1CCN(C(=O)CCN(c2ccc(Cl)cc2)S(C)(=O)=O)CC1. The molecule has 0 spiro atoms. The predicted molar refractivity (Wildman–Crippen MR) is 93.2 cm³/mol. The Kier molecular flexibility index (Phi) is 5.92. The third-order valence-corrected chi connectivity index (χ3v) is 5.63. The highest BCUT2D eigenvalue weighted by atomic mass is 35.5. The lowest BCUT2D eigenvalue weighted by Gasteiger charge is -2.31.